The zero-order valence-electron chi connectivity index (χ0n) is 17.6. The topological polar surface area (TPSA) is 61.2 Å². The minimum Gasteiger partial charge on any atom is -0.462 e. The predicted octanol–water partition coefficient (Wildman–Crippen LogP) is 5.13. The Labute approximate surface area is 183 Å². The summed E-state index contributed by atoms with van der Waals surface area (Å²) >= 11 is 0. The van der Waals surface area contributed by atoms with E-state index in [-0.39, 0.29) is 23.3 Å². The van der Waals surface area contributed by atoms with Gasteiger partial charge in [0.2, 0.25) is 0 Å². The van der Waals surface area contributed by atoms with E-state index in [0.29, 0.717) is 28.8 Å². The minimum absolute atomic E-state index is 0.0219. The molecule has 5 rings (SSSR count). The highest BCUT2D eigenvalue weighted by atomic mass is 19.3. The second-order valence-electron chi connectivity index (χ2n) is 8.42. The molecule has 2 aliphatic rings. The molecule has 0 N–H and O–H groups in total. The predicted molar refractivity (Wildman–Crippen MR) is 116 cm³/mol. The molecule has 1 aliphatic carbocycles. The first-order valence-corrected chi connectivity index (χ1v) is 10.7. The van der Waals surface area contributed by atoms with Crippen LogP contribution in [0.15, 0.2) is 53.7 Å². The largest absolute Gasteiger partial charge is 0.462 e. The number of benzene rings is 1. The summed E-state index contributed by atoms with van der Waals surface area (Å²) in [4.78, 5) is 29.2. The lowest BCUT2D eigenvalue weighted by molar-refractivity contribution is 0.0521. The van der Waals surface area contributed by atoms with E-state index in [1.54, 1.807) is 37.6 Å². The summed E-state index contributed by atoms with van der Waals surface area (Å²) in [6, 6.07) is 8.20. The van der Waals surface area contributed by atoms with Crippen LogP contribution in [0.4, 0.5) is 8.78 Å². The molecular formula is C25H22F2N2O3. The van der Waals surface area contributed by atoms with E-state index in [9.17, 15) is 18.4 Å². The van der Waals surface area contributed by atoms with Crippen molar-refractivity contribution in [3.63, 3.8) is 0 Å². The maximum absolute atomic E-state index is 14.1. The highest BCUT2D eigenvalue weighted by molar-refractivity contribution is 5.89. The van der Waals surface area contributed by atoms with Crippen molar-refractivity contribution in [3.8, 4) is 22.4 Å². The average Bonchev–Trinajstić information content (AvgIpc) is 2.76. The molecular weight excluding hydrogens is 414 g/mol. The van der Waals surface area contributed by atoms with Gasteiger partial charge in [0.25, 0.3) is 6.43 Å². The van der Waals surface area contributed by atoms with Crippen molar-refractivity contribution in [2.45, 2.75) is 44.6 Å². The molecule has 1 spiro atoms. The van der Waals surface area contributed by atoms with Gasteiger partial charge in [0.1, 0.15) is 5.56 Å². The molecule has 0 unspecified atom stereocenters. The third kappa shape index (κ3) is 3.15. The van der Waals surface area contributed by atoms with Crippen LogP contribution in [-0.4, -0.2) is 22.1 Å². The van der Waals surface area contributed by atoms with Crippen LogP contribution in [0.25, 0.3) is 22.4 Å². The number of halogens is 2. The van der Waals surface area contributed by atoms with E-state index in [0.717, 1.165) is 24.8 Å². The molecule has 0 saturated heterocycles. The second kappa shape index (κ2) is 7.65. The van der Waals surface area contributed by atoms with Crippen LogP contribution in [0.3, 0.4) is 0 Å². The lowest BCUT2D eigenvalue weighted by Crippen LogP contribution is -2.46. The molecule has 164 valence electrons. The van der Waals surface area contributed by atoms with Crippen LogP contribution in [0, 0.1) is 0 Å². The number of hydrogen-bond donors (Lipinski definition) is 0. The van der Waals surface area contributed by atoms with Crippen LogP contribution in [0.2, 0.25) is 0 Å². The first-order chi connectivity index (χ1) is 15.4. The molecule has 0 amide bonds. The molecule has 0 atom stereocenters. The zero-order valence-corrected chi connectivity index (χ0v) is 17.6. The van der Waals surface area contributed by atoms with E-state index in [1.807, 2.05) is 10.6 Å². The van der Waals surface area contributed by atoms with Gasteiger partial charge in [0.15, 0.2) is 5.43 Å². The number of carbonyl (C=O) groups is 1. The quantitative estimate of drug-likeness (QED) is 0.532. The lowest BCUT2D eigenvalue weighted by Gasteiger charge is -2.49. The van der Waals surface area contributed by atoms with E-state index in [4.69, 9.17) is 4.74 Å². The Morgan fingerprint density at radius 1 is 1.25 bits per heavy atom. The molecule has 0 radical (unpaired) electrons. The normalized spacial score (nSPS) is 15.8. The minimum atomic E-state index is -2.69. The molecule has 32 heavy (non-hydrogen) atoms. The fourth-order valence-corrected chi connectivity index (χ4v) is 4.94. The monoisotopic (exact) mass is 436 g/mol. The summed E-state index contributed by atoms with van der Waals surface area (Å²) in [5.74, 6) is -0.659. The van der Waals surface area contributed by atoms with Gasteiger partial charge in [-0.3, -0.25) is 9.78 Å². The molecule has 1 saturated carbocycles. The van der Waals surface area contributed by atoms with Gasteiger partial charge in [-0.2, -0.15) is 0 Å². The Hall–Kier alpha value is -3.35. The zero-order chi connectivity index (χ0) is 22.5. The van der Waals surface area contributed by atoms with Crippen LogP contribution in [0.1, 0.15) is 54.1 Å². The van der Waals surface area contributed by atoms with Crippen molar-refractivity contribution in [3.05, 3.63) is 75.8 Å². The maximum atomic E-state index is 14.1. The molecule has 5 nitrogen and oxygen atoms in total. The van der Waals surface area contributed by atoms with Gasteiger partial charge in [-0.1, -0.05) is 6.07 Å². The molecule has 0 bridgehead atoms. The highest BCUT2D eigenvalue weighted by Crippen LogP contribution is 2.50. The van der Waals surface area contributed by atoms with Crippen molar-refractivity contribution in [1.29, 1.82) is 0 Å². The molecule has 2 aromatic heterocycles. The second-order valence-corrected chi connectivity index (χ2v) is 8.42. The lowest BCUT2D eigenvalue weighted by atomic mass is 9.69. The maximum Gasteiger partial charge on any atom is 0.343 e. The van der Waals surface area contributed by atoms with E-state index >= 15 is 0 Å². The van der Waals surface area contributed by atoms with Gasteiger partial charge in [0.05, 0.1) is 12.3 Å². The number of rotatable bonds is 4. The van der Waals surface area contributed by atoms with Gasteiger partial charge in [-0.25, -0.2) is 13.6 Å². The number of nitrogens with zero attached hydrogens (tertiary/aromatic N) is 2. The van der Waals surface area contributed by atoms with Crippen LogP contribution >= 0.6 is 0 Å². The summed E-state index contributed by atoms with van der Waals surface area (Å²) in [7, 11) is 0. The van der Waals surface area contributed by atoms with Crippen LogP contribution in [0.5, 0.6) is 0 Å². The molecule has 3 aromatic rings. The Kier molecular flexibility index (Phi) is 4.92. The Morgan fingerprint density at radius 2 is 2.06 bits per heavy atom. The molecule has 1 aromatic carbocycles. The number of alkyl halides is 2. The number of fused-ring (bicyclic) bond motifs is 4. The van der Waals surface area contributed by atoms with Crippen molar-refractivity contribution in [1.82, 2.24) is 9.55 Å². The summed E-state index contributed by atoms with van der Waals surface area (Å²) in [5, 5.41) is 0. The van der Waals surface area contributed by atoms with Crippen molar-refractivity contribution >= 4 is 5.97 Å². The van der Waals surface area contributed by atoms with Gasteiger partial charge >= 0.3 is 5.97 Å². The highest BCUT2D eigenvalue weighted by Gasteiger charge is 2.44. The first-order valence-electron chi connectivity index (χ1n) is 10.7. The number of carbonyl (C=O) groups excluding carboxylic acids is 1. The third-order valence-electron chi connectivity index (χ3n) is 6.62. The van der Waals surface area contributed by atoms with Gasteiger partial charge in [-0.15, -0.1) is 0 Å². The Bertz CT molecular complexity index is 1260. The summed E-state index contributed by atoms with van der Waals surface area (Å²) < 4.78 is 35.1. The number of aromatic nitrogens is 2. The SMILES string of the molecule is CCOC(=O)c1cn2c(cc1=O)-c1cc(C(F)F)c(-c3cccnc3)cc1CC21CCC1. The fraction of sp³-hybridized carbons (Fsp3) is 0.320. The summed E-state index contributed by atoms with van der Waals surface area (Å²) in [6.45, 7) is 1.85. The molecule has 7 heteroatoms. The molecule has 1 fully saturated rings. The van der Waals surface area contributed by atoms with E-state index < -0.39 is 17.8 Å². The van der Waals surface area contributed by atoms with Crippen molar-refractivity contribution < 1.29 is 18.3 Å². The van der Waals surface area contributed by atoms with Crippen LogP contribution < -0.4 is 5.43 Å². The Morgan fingerprint density at radius 3 is 2.69 bits per heavy atom. The van der Waals surface area contributed by atoms with Gasteiger partial charge in [0, 0.05) is 46.9 Å². The summed E-state index contributed by atoms with van der Waals surface area (Å²) in [5.41, 5.74) is 2.34. The number of ether oxygens (including phenoxy) is 1. The number of pyridine rings is 2. The van der Waals surface area contributed by atoms with Gasteiger partial charge in [-0.05, 0) is 61.9 Å². The average molecular weight is 436 g/mol. The Balaban J connectivity index is 1.74. The molecule has 1 aliphatic heterocycles. The fourth-order valence-electron chi connectivity index (χ4n) is 4.94. The van der Waals surface area contributed by atoms with Crippen molar-refractivity contribution in [2.24, 2.45) is 0 Å². The van der Waals surface area contributed by atoms with Crippen molar-refractivity contribution in [2.75, 3.05) is 6.61 Å². The smallest absolute Gasteiger partial charge is 0.343 e. The van der Waals surface area contributed by atoms with E-state index in [2.05, 4.69) is 4.98 Å². The van der Waals surface area contributed by atoms with Crippen LogP contribution in [-0.2, 0) is 16.7 Å². The number of esters is 1. The van der Waals surface area contributed by atoms with Gasteiger partial charge < -0.3 is 9.30 Å². The first kappa shape index (κ1) is 20.5. The third-order valence-corrected chi connectivity index (χ3v) is 6.62. The standard InChI is InChI=1S/C25H22F2N2O3/c1-2-32-24(31)20-14-29-21(11-22(20)30)18-10-19(23(26)27)17(15-5-3-8-28-13-15)9-16(18)12-25(29)6-4-7-25/h3,5,8-11,13-14,23H,2,4,6-7,12H2,1H3. The summed E-state index contributed by atoms with van der Waals surface area (Å²) in [6.07, 6.45) is 5.53. The molecule has 3 heterocycles. The number of hydrogen-bond acceptors (Lipinski definition) is 4. The van der Waals surface area contributed by atoms with E-state index in [1.165, 1.54) is 12.1 Å².